The summed E-state index contributed by atoms with van der Waals surface area (Å²) < 4.78 is 36.2. The standard InChI is InChI=1S/C13H15F3N2O2/c1-3-18(4-2)11(19)9-5-7-10(8-6-9)17-12(20)13(14,15)16/h5-8H,3-4H2,1-2H3,(H,17,20). The van der Waals surface area contributed by atoms with Crippen molar-refractivity contribution in [3.05, 3.63) is 29.8 Å². The summed E-state index contributed by atoms with van der Waals surface area (Å²) in [7, 11) is 0. The minimum atomic E-state index is -4.93. The average molecular weight is 288 g/mol. The zero-order valence-electron chi connectivity index (χ0n) is 11.1. The number of amides is 2. The summed E-state index contributed by atoms with van der Waals surface area (Å²) in [5.41, 5.74) is 0.349. The lowest BCUT2D eigenvalue weighted by Crippen LogP contribution is -2.31. The van der Waals surface area contributed by atoms with E-state index in [1.54, 1.807) is 10.2 Å². The molecule has 1 aromatic carbocycles. The average Bonchev–Trinajstić information content (AvgIpc) is 2.39. The molecule has 0 spiro atoms. The van der Waals surface area contributed by atoms with Gasteiger partial charge in [-0.15, -0.1) is 0 Å². The predicted molar refractivity (Wildman–Crippen MR) is 68.4 cm³/mol. The smallest absolute Gasteiger partial charge is 0.339 e. The third kappa shape index (κ3) is 3.97. The second kappa shape index (κ2) is 6.40. The van der Waals surface area contributed by atoms with Gasteiger partial charge >= 0.3 is 12.1 Å². The molecule has 0 aromatic heterocycles. The topological polar surface area (TPSA) is 49.4 Å². The lowest BCUT2D eigenvalue weighted by molar-refractivity contribution is -0.167. The van der Waals surface area contributed by atoms with Gasteiger partial charge in [-0.25, -0.2) is 0 Å². The minimum absolute atomic E-state index is 0.0107. The molecule has 0 aliphatic heterocycles. The molecular weight excluding hydrogens is 273 g/mol. The van der Waals surface area contributed by atoms with Crippen LogP contribution in [-0.2, 0) is 4.79 Å². The Bertz CT molecular complexity index is 479. The molecule has 1 aromatic rings. The van der Waals surface area contributed by atoms with Gasteiger partial charge in [-0.05, 0) is 38.1 Å². The number of carbonyl (C=O) groups is 2. The fourth-order valence-electron chi connectivity index (χ4n) is 1.59. The summed E-state index contributed by atoms with van der Waals surface area (Å²) in [5.74, 6) is -2.25. The van der Waals surface area contributed by atoms with Crippen LogP contribution in [-0.4, -0.2) is 36.0 Å². The number of nitrogens with zero attached hydrogens (tertiary/aromatic N) is 1. The van der Waals surface area contributed by atoms with E-state index in [4.69, 9.17) is 0 Å². The number of rotatable bonds is 4. The predicted octanol–water partition coefficient (Wildman–Crippen LogP) is 2.67. The van der Waals surface area contributed by atoms with Gasteiger partial charge in [0.15, 0.2) is 0 Å². The fourth-order valence-corrected chi connectivity index (χ4v) is 1.59. The molecule has 2 amide bonds. The maximum absolute atomic E-state index is 12.1. The molecule has 20 heavy (non-hydrogen) atoms. The highest BCUT2D eigenvalue weighted by Gasteiger charge is 2.38. The highest BCUT2D eigenvalue weighted by Crippen LogP contribution is 2.18. The van der Waals surface area contributed by atoms with Gasteiger partial charge in [0.1, 0.15) is 0 Å². The Balaban J connectivity index is 2.79. The van der Waals surface area contributed by atoms with Gasteiger partial charge in [0.05, 0.1) is 0 Å². The minimum Gasteiger partial charge on any atom is -0.339 e. The van der Waals surface area contributed by atoms with Crippen LogP contribution in [0, 0.1) is 0 Å². The second-order valence-corrected chi connectivity index (χ2v) is 4.01. The Morgan fingerprint density at radius 1 is 1.10 bits per heavy atom. The molecule has 1 N–H and O–H groups in total. The maximum atomic E-state index is 12.1. The van der Waals surface area contributed by atoms with E-state index in [1.807, 2.05) is 13.8 Å². The molecule has 0 saturated heterocycles. The zero-order chi connectivity index (χ0) is 15.3. The molecule has 0 fully saturated rings. The summed E-state index contributed by atoms with van der Waals surface area (Å²) in [6, 6.07) is 5.29. The van der Waals surface area contributed by atoms with Crippen molar-refractivity contribution in [1.29, 1.82) is 0 Å². The molecule has 0 bridgehead atoms. The van der Waals surface area contributed by atoms with Gasteiger partial charge < -0.3 is 10.2 Å². The number of anilines is 1. The van der Waals surface area contributed by atoms with Crippen molar-refractivity contribution in [1.82, 2.24) is 4.90 Å². The van der Waals surface area contributed by atoms with Crippen molar-refractivity contribution in [2.45, 2.75) is 20.0 Å². The first-order valence-electron chi connectivity index (χ1n) is 6.07. The summed E-state index contributed by atoms with van der Waals surface area (Å²) in [6.07, 6.45) is -4.93. The van der Waals surface area contributed by atoms with Crippen molar-refractivity contribution >= 4 is 17.5 Å². The Morgan fingerprint density at radius 3 is 2.00 bits per heavy atom. The monoisotopic (exact) mass is 288 g/mol. The van der Waals surface area contributed by atoms with Crippen LogP contribution in [0.4, 0.5) is 18.9 Å². The van der Waals surface area contributed by atoms with Gasteiger partial charge in [0.25, 0.3) is 5.91 Å². The third-order valence-electron chi connectivity index (χ3n) is 2.70. The molecular formula is C13H15F3N2O2. The molecule has 4 nitrogen and oxygen atoms in total. The number of nitrogens with one attached hydrogen (secondary N) is 1. The van der Waals surface area contributed by atoms with Crippen molar-refractivity contribution in [2.75, 3.05) is 18.4 Å². The zero-order valence-corrected chi connectivity index (χ0v) is 11.1. The molecule has 7 heteroatoms. The van der Waals surface area contributed by atoms with Crippen molar-refractivity contribution in [3.8, 4) is 0 Å². The van der Waals surface area contributed by atoms with Crippen LogP contribution in [0.25, 0.3) is 0 Å². The summed E-state index contributed by atoms with van der Waals surface area (Å²) in [5, 5.41) is 1.72. The van der Waals surface area contributed by atoms with Crippen molar-refractivity contribution in [2.24, 2.45) is 0 Å². The molecule has 0 saturated carbocycles. The highest BCUT2D eigenvalue weighted by atomic mass is 19.4. The van der Waals surface area contributed by atoms with E-state index in [-0.39, 0.29) is 11.6 Å². The van der Waals surface area contributed by atoms with Gasteiger partial charge in [-0.1, -0.05) is 0 Å². The van der Waals surface area contributed by atoms with Gasteiger partial charge in [-0.3, -0.25) is 9.59 Å². The van der Waals surface area contributed by atoms with Crippen LogP contribution in [0.2, 0.25) is 0 Å². The van der Waals surface area contributed by atoms with Crippen LogP contribution in [0.5, 0.6) is 0 Å². The first kappa shape index (κ1) is 16.0. The quantitative estimate of drug-likeness (QED) is 0.926. The number of benzene rings is 1. The van der Waals surface area contributed by atoms with E-state index >= 15 is 0 Å². The van der Waals surface area contributed by atoms with Crippen molar-refractivity contribution < 1.29 is 22.8 Å². The number of halogens is 3. The number of hydrogen-bond donors (Lipinski definition) is 1. The molecule has 0 aliphatic rings. The van der Waals surface area contributed by atoms with E-state index in [9.17, 15) is 22.8 Å². The number of hydrogen-bond acceptors (Lipinski definition) is 2. The van der Waals surface area contributed by atoms with Crippen LogP contribution < -0.4 is 5.32 Å². The Kier molecular flexibility index (Phi) is 5.12. The van der Waals surface area contributed by atoms with E-state index in [0.29, 0.717) is 18.7 Å². The Morgan fingerprint density at radius 2 is 1.60 bits per heavy atom. The lowest BCUT2D eigenvalue weighted by Gasteiger charge is -2.18. The first-order valence-corrected chi connectivity index (χ1v) is 6.07. The Hall–Kier alpha value is -2.05. The Labute approximate surface area is 114 Å². The maximum Gasteiger partial charge on any atom is 0.471 e. The normalized spacial score (nSPS) is 11.1. The van der Waals surface area contributed by atoms with E-state index in [2.05, 4.69) is 0 Å². The number of carbonyl (C=O) groups excluding carboxylic acids is 2. The van der Waals surface area contributed by atoms with Gasteiger partial charge in [0, 0.05) is 24.3 Å². The lowest BCUT2D eigenvalue weighted by atomic mass is 10.1. The molecule has 0 aliphatic carbocycles. The van der Waals surface area contributed by atoms with Crippen LogP contribution in [0.1, 0.15) is 24.2 Å². The summed E-state index contributed by atoms with van der Waals surface area (Å²) in [4.78, 5) is 24.3. The molecule has 0 unspecified atom stereocenters. The van der Waals surface area contributed by atoms with Gasteiger partial charge in [0.2, 0.25) is 0 Å². The summed E-state index contributed by atoms with van der Waals surface area (Å²) >= 11 is 0. The van der Waals surface area contributed by atoms with Crippen LogP contribution in [0.15, 0.2) is 24.3 Å². The number of alkyl halides is 3. The van der Waals surface area contributed by atoms with Crippen molar-refractivity contribution in [3.63, 3.8) is 0 Å². The highest BCUT2D eigenvalue weighted by molar-refractivity contribution is 5.97. The second-order valence-electron chi connectivity index (χ2n) is 4.01. The SMILES string of the molecule is CCN(CC)C(=O)c1ccc(NC(=O)C(F)(F)F)cc1. The van der Waals surface area contributed by atoms with Crippen LogP contribution >= 0.6 is 0 Å². The first-order chi connectivity index (χ1) is 9.29. The molecule has 0 radical (unpaired) electrons. The van der Waals surface area contributed by atoms with E-state index in [0.717, 1.165) is 0 Å². The molecule has 0 heterocycles. The van der Waals surface area contributed by atoms with E-state index in [1.165, 1.54) is 24.3 Å². The largest absolute Gasteiger partial charge is 0.471 e. The summed E-state index contributed by atoms with van der Waals surface area (Å²) in [6.45, 7) is 4.75. The molecule has 110 valence electrons. The fraction of sp³-hybridized carbons (Fsp3) is 0.385. The molecule has 1 rings (SSSR count). The van der Waals surface area contributed by atoms with E-state index < -0.39 is 12.1 Å². The van der Waals surface area contributed by atoms with Crippen LogP contribution in [0.3, 0.4) is 0 Å². The molecule has 0 atom stereocenters. The van der Waals surface area contributed by atoms with Gasteiger partial charge in [-0.2, -0.15) is 13.2 Å². The third-order valence-corrected chi connectivity index (χ3v) is 2.70.